The molecule has 3 heteroatoms. The van der Waals surface area contributed by atoms with Gasteiger partial charge in [-0.05, 0) is 18.1 Å². The number of ether oxygens (including phenoxy) is 2. The number of rotatable bonds is 12. The second kappa shape index (κ2) is 12.2. The largest absolute Gasteiger partial charge is 0.499 e. The van der Waals surface area contributed by atoms with Crippen LogP contribution >= 0.6 is 0 Å². The quantitative estimate of drug-likeness (QED) is 0.457. The summed E-state index contributed by atoms with van der Waals surface area (Å²) in [6.45, 7) is 3.32. The van der Waals surface area contributed by atoms with E-state index in [1.165, 1.54) is 19.3 Å². The highest BCUT2D eigenvalue weighted by Gasteiger charge is 2.18. The SMILES string of the molecule is CCCCCC[C@H](/C=C/OCCOC)[C@@H](O)c1ccccc1. The van der Waals surface area contributed by atoms with Crippen LogP contribution in [0.3, 0.4) is 0 Å². The summed E-state index contributed by atoms with van der Waals surface area (Å²) < 4.78 is 10.4. The Hall–Kier alpha value is -1.32. The molecule has 0 spiro atoms. The van der Waals surface area contributed by atoms with Gasteiger partial charge in [0, 0.05) is 13.0 Å². The second-order valence-corrected chi connectivity index (χ2v) is 5.56. The van der Waals surface area contributed by atoms with E-state index in [-0.39, 0.29) is 5.92 Å². The van der Waals surface area contributed by atoms with E-state index in [2.05, 4.69) is 6.92 Å². The van der Waals surface area contributed by atoms with Crippen molar-refractivity contribution in [3.05, 3.63) is 48.2 Å². The van der Waals surface area contributed by atoms with Gasteiger partial charge in [-0.2, -0.15) is 0 Å². The Morgan fingerprint density at radius 1 is 1.09 bits per heavy atom. The summed E-state index contributed by atoms with van der Waals surface area (Å²) in [6.07, 6.45) is 9.00. The number of aliphatic hydroxyl groups excluding tert-OH is 1. The van der Waals surface area contributed by atoms with E-state index in [1.54, 1.807) is 13.4 Å². The summed E-state index contributed by atoms with van der Waals surface area (Å²) in [4.78, 5) is 0. The Balaban J connectivity index is 2.56. The monoisotopic (exact) mass is 306 g/mol. The maximum Gasteiger partial charge on any atom is 0.111 e. The molecule has 0 aromatic heterocycles. The summed E-state index contributed by atoms with van der Waals surface area (Å²) in [5.74, 6) is 0.0850. The van der Waals surface area contributed by atoms with Gasteiger partial charge in [0.05, 0.1) is 19.0 Å². The fourth-order valence-corrected chi connectivity index (χ4v) is 2.42. The topological polar surface area (TPSA) is 38.7 Å². The predicted molar refractivity (Wildman–Crippen MR) is 90.6 cm³/mol. The van der Waals surface area contributed by atoms with E-state index in [4.69, 9.17) is 9.47 Å². The van der Waals surface area contributed by atoms with Crippen LogP contribution < -0.4 is 0 Å². The molecule has 124 valence electrons. The summed E-state index contributed by atoms with van der Waals surface area (Å²) in [5, 5.41) is 10.6. The minimum atomic E-state index is -0.481. The first-order chi connectivity index (χ1) is 10.8. The summed E-state index contributed by atoms with van der Waals surface area (Å²) in [6, 6.07) is 9.85. The normalized spacial score (nSPS) is 14.1. The molecule has 0 heterocycles. The smallest absolute Gasteiger partial charge is 0.111 e. The number of hydrogen-bond donors (Lipinski definition) is 1. The maximum atomic E-state index is 10.6. The standard InChI is InChI=1S/C19H30O3/c1-3-4-5-7-12-18(13-14-22-16-15-21-2)19(20)17-10-8-6-9-11-17/h6,8-11,13-14,18-20H,3-5,7,12,15-16H2,1-2H3/b14-13+/t18-,19+/m1/s1. The van der Waals surface area contributed by atoms with Crippen molar-refractivity contribution in [3.63, 3.8) is 0 Å². The molecule has 0 aliphatic carbocycles. The molecule has 0 saturated heterocycles. The number of benzene rings is 1. The molecule has 1 N–H and O–H groups in total. The first-order valence-corrected chi connectivity index (χ1v) is 8.29. The zero-order valence-electron chi connectivity index (χ0n) is 13.9. The average Bonchev–Trinajstić information content (AvgIpc) is 2.56. The van der Waals surface area contributed by atoms with Crippen LogP contribution in [0.25, 0.3) is 0 Å². The molecule has 0 radical (unpaired) electrons. The third-order valence-corrected chi connectivity index (χ3v) is 3.76. The number of aliphatic hydroxyl groups is 1. The van der Waals surface area contributed by atoms with Gasteiger partial charge >= 0.3 is 0 Å². The minimum absolute atomic E-state index is 0.0850. The van der Waals surface area contributed by atoms with Gasteiger partial charge in [0.2, 0.25) is 0 Å². The van der Waals surface area contributed by atoms with Crippen molar-refractivity contribution >= 4 is 0 Å². The summed E-state index contributed by atoms with van der Waals surface area (Å²) >= 11 is 0. The molecule has 3 nitrogen and oxygen atoms in total. The lowest BCUT2D eigenvalue weighted by atomic mass is 9.90. The van der Waals surface area contributed by atoms with E-state index >= 15 is 0 Å². The molecule has 0 unspecified atom stereocenters. The highest BCUT2D eigenvalue weighted by Crippen LogP contribution is 2.27. The summed E-state index contributed by atoms with van der Waals surface area (Å²) in [5.41, 5.74) is 0.963. The molecule has 0 aliphatic rings. The van der Waals surface area contributed by atoms with Crippen LogP contribution in [0.4, 0.5) is 0 Å². The molecule has 1 aromatic rings. The second-order valence-electron chi connectivity index (χ2n) is 5.56. The molecule has 2 atom stereocenters. The maximum absolute atomic E-state index is 10.6. The Kier molecular flexibility index (Phi) is 10.4. The van der Waals surface area contributed by atoms with Gasteiger partial charge in [0.25, 0.3) is 0 Å². The Bertz CT molecular complexity index is 389. The lowest BCUT2D eigenvalue weighted by Crippen LogP contribution is -2.11. The molecular formula is C19H30O3. The van der Waals surface area contributed by atoms with Gasteiger partial charge in [-0.15, -0.1) is 0 Å². The highest BCUT2D eigenvalue weighted by atomic mass is 16.5. The van der Waals surface area contributed by atoms with Gasteiger partial charge < -0.3 is 14.6 Å². The molecule has 0 bridgehead atoms. The van der Waals surface area contributed by atoms with Crippen molar-refractivity contribution < 1.29 is 14.6 Å². The van der Waals surface area contributed by atoms with Gasteiger partial charge in [0.1, 0.15) is 6.61 Å². The number of hydrogen-bond acceptors (Lipinski definition) is 3. The number of methoxy groups -OCH3 is 1. The summed E-state index contributed by atoms with van der Waals surface area (Å²) in [7, 11) is 1.66. The van der Waals surface area contributed by atoms with Crippen molar-refractivity contribution in [2.24, 2.45) is 5.92 Å². The highest BCUT2D eigenvalue weighted by molar-refractivity contribution is 5.19. The first kappa shape index (κ1) is 18.7. The Morgan fingerprint density at radius 3 is 2.55 bits per heavy atom. The van der Waals surface area contributed by atoms with Crippen molar-refractivity contribution in [1.29, 1.82) is 0 Å². The van der Waals surface area contributed by atoms with Gasteiger partial charge in [-0.25, -0.2) is 0 Å². The molecule has 1 aromatic carbocycles. The number of unbranched alkanes of at least 4 members (excludes halogenated alkanes) is 3. The Morgan fingerprint density at radius 2 is 1.86 bits per heavy atom. The molecule has 0 saturated carbocycles. The van der Waals surface area contributed by atoms with Crippen molar-refractivity contribution in [1.82, 2.24) is 0 Å². The first-order valence-electron chi connectivity index (χ1n) is 8.29. The van der Waals surface area contributed by atoms with Crippen LogP contribution in [0.5, 0.6) is 0 Å². The molecule has 0 amide bonds. The third kappa shape index (κ3) is 7.62. The van der Waals surface area contributed by atoms with Crippen LogP contribution in [0.2, 0.25) is 0 Å². The Labute approximate surface area is 135 Å². The van der Waals surface area contributed by atoms with Crippen molar-refractivity contribution in [3.8, 4) is 0 Å². The van der Waals surface area contributed by atoms with Crippen molar-refractivity contribution in [2.75, 3.05) is 20.3 Å². The van der Waals surface area contributed by atoms with Crippen LogP contribution in [0, 0.1) is 5.92 Å². The predicted octanol–water partition coefficient (Wildman–Crippen LogP) is 4.48. The molecule has 22 heavy (non-hydrogen) atoms. The van der Waals surface area contributed by atoms with Crippen LogP contribution in [-0.4, -0.2) is 25.4 Å². The van der Waals surface area contributed by atoms with Crippen molar-refractivity contribution in [2.45, 2.75) is 45.1 Å². The van der Waals surface area contributed by atoms with E-state index < -0.39 is 6.10 Å². The van der Waals surface area contributed by atoms with Gasteiger partial charge in [-0.3, -0.25) is 0 Å². The molecule has 0 fully saturated rings. The van der Waals surface area contributed by atoms with E-state index in [0.717, 1.165) is 18.4 Å². The average molecular weight is 306 g/mol. The zero-order valence-corrected chi connectivity index (χ0v) is 13.9. The lowest BCUT2D eigenvalue weighted by molar-refractivity contribution is 0.112. The zero-order chi connectivity index (χ0) is 16.0. The van der Waals surface area contributed by atoms with Gasteiger partial charge in [-0.1, -0.05) is 62.9 Å². The van der Waals surface area contributed by atoms with E-state index in [9.17, 15) is 5.11 Å². The molecular weight excluding hydrogens is 276 g/mol. The van der Waals surface area contributed by atoms with Crippen LogP contribution in [-0.2, 0) is 9.47 Å². The fourth-order valence-electron chi connectivity index (χ4n) is 2.42. The van der Waals surface area contributed by atoms with Gasteiger partial charge in [0.15, 0.2) is 0 Å². The lowest BCUT2D eigenvalue weighted by Gasteiger charge is -2.20. The fraction of sp³-hybridized carbons (Fsp3) is 0.579. The van der Waals surface area contributed by atoms with E-state index in [0.29, 0.717) is 13.2 Å². The van der Waals surface area contributed by atoms with Crippen LogP contribution in [0.15, 0.2) is 42.7 Å². The third-order valence-electron chi connectivity index (χ3n) is 3.76. The van der Waals surface area contributed by atoms with E-state index in [1.807, 2.05) is 36.4 Å². The molecule has 1 rings (SSSR count). The molecule has 0 aliphatic heterocycles. The van der Waals surface area contributed by atoms with Crippen LogP contribution in [0.1, 0.15) is 50.7 Å². The minimum Gasteiger partial charge on any atom is -0.499 e.